The molecule has 0 aliphatic carbocycles. The molecule has 96 valence electrons. The van der Waals surface area contributed by atoms with Crippen LogP contribution in [0.4, 0.5) is 5.69 Å². The molecule has 0 fully saturated rings. The van der Waals surface area contributed by atoms with Crippen LogP contribution in [-0.4, -0.2) is 13.4 Å². The molecule has 0 atom stereocenters. The third-order valence-electron chi connectivity index (χ3n) is 2.36. The summed E-state index contributed by atoms with van der Waals surface area (Å²) < 4.78 is 27.0. The number of anilines is 1. The van der Waals surface area contributed by atoms with Crippen LogP contribution >= 0.6 is 22.9 Å². The van der Waals surface area contributed by atoms with E-state index in [1.54, 1.807) is 6.07 Å². The quantitative estimate of drug-likeness (QED) is 0.947. The Labute approximate surface area is 115 Å². The molecule has 18 heavy (non-hydrogen) atoms. The number of nitrogens with one attached hydrogen (secondary N) is 1. The molecule has 0 saturated carbocycles. The van der Waals surface area contributed by atoms with E-state index in [9.17, 15) is 8.42 Å². The number of halogens is 1. The van der Waals surface area contributed by atoms with Gasteiger partial charge in [-0.3, -0.25) is 4.72 Å². The van der Waals surface area contributed by atoms with Gasteiger partial charge in [0.15, 0.2) is 8.68 Å². The normalized spacial score (nSPS) is 11.5. The van der Waals surface area contributed by atoms with Crippen LogP contribution in [0, 0.1) is 13.8 Å². The van der Waals surface area contributed by atoms with Crippen LogP contribution in [0.25, 0.3) is 0 Å². The number of hydrogen-bond donors (Lipinski definition) is 1. The second-order valence-electron chi connectivity index (χ2n) is 3.86. The van der Waals surface area contributed by atoms with Gasteiger partial charge in [-0.15, -0.1) is 0 Å². The summed E-state index contributed by atoms with van der Waals surface area (Å²) in [7, 11) is -3.61. The Morgan fingerprint density at radius 1 is 1.33 bits per heavy atom. The molecule has 0 amide bonds. The largest absolute Gasteiger partial charge is 0.279 e. The third-order valence-corrected chi connectivity index (χ3v) is 5.30. The molecular weight excluding hydrogens is 292 g/mol. The summed E-state index contributed by atoms with van der Waals surface area (Å²) in [6.07, 6.45) is 1.25. The fourth-order valence-electron chi connectivity index (χ4n) is 1.40. The maximum atomic E-state index is 12.1. The van der Waals surface area contributed by atoms with Crippen molar-refractivity contribution < 1.29 is 8.42 Å². The number of thiazole rings is 1. The Bertz CT molecular complexity index is 680. The Balaban J connectivity index is 2.36. The number of sulfonamides is 1. The molecule has 4 nitrogen and oxygen atoms in total. The zero-order valence-electron chi connectivity index (χ0n) is 9.77. The van der Waals surface area contributed by atoms with Crippen LogP contribution in [0.15, 0.2) is 28.6 Å². The predicted octanol–water partition coefficient (Wildman–Crippen LogP) is 3.21. The van der Waals surface area contributed by atoms with Crippen LogP contribution in [-0.2, 0) is 10.0 Å². The van der Waals surface area contributed by atoms with Gasteiger partial charge in [-0.1, -0.05) is 35.1 Å². The van der Waals surface area contributed by atoms with E-state index in [0.29, 0.717) is 5.69 Å². The van der Waals surface area contributed by atoms with Gasteiger partial charge in [-0.25, -0.2) is 13.4 Å². The lowest BCUT2D eigenvalue weighted by molar-refractivity contribution is 0.603. The lowest BCUT2D eigenvalue weighted by atomic mass is 10.1. The van der Waals surface area contributed by atoms with Crippen molar-refractivity contribution in [1.29, 1.82) is 0 Å². The summed E-state index contributed by atoms with van der Waals surface area (Å²) >= 11 is 6.57. The van der Waals surface area contributed by atoms with E-state index in [4.69, 9.17) is 11.6 Å². The molecule has 0 spiro atoms. The maximum Gasteiger partial charge on any atom is 0.273 e. The molecule has 1 heterocycles. The zero-order valence-corrected chi connectivity index (χ0v) is 12.2. The highest BCUT2D eigenvalue weighted by molar-refractivity contribution is 7.94. The second-order valence-corrected chi connectivity index (χ2v) is 7.38. The van der Waals surface area contributed by atoms with Crippen LogP contribution in [0.1, 0.15) is 11.1 Å². The van der Waals surface area contributed by atoms with Gasteiger partial charge in [0.2, 0.25) is 0 Å². The molecule has 0 saturated heterocycles. The molecule has 2 rings (SSSR count). The van der Waals surface area contributed by atoms with Crippen molar-refractivity contribution >= 4 is 38.6 Å². The lowest BCUT2D eigenvalue weighted by Gasteiger charge is -2.09. The summed E-state index contributed by atoms with van der Waals surface area (Å²) in [4.78, 5) is 3.73. The molecule has 1 N–H and O–H groups in total. The van der Waals surface area contributed by atoms with Crippen molar-refractivity contribution in [3.63, 3.8) is 0 Å². The first-order chi connectivity index (χ1) is 8.38. The van der Waals surface area contributed by atoms with Crippen LogP contribution in [0.3, 0.4) is 0 Å². The minimum atomic E-state index is -3.61. The SMILES string of the molecule is Cc1ccc(C)c(NS(=O)(=O)c2cnc(Cl)s2)c1. The Morgan fingerprint density at radius 3 is 2.67 bits per heavy atom. The zero-order chi connectivity index (χ0) is 13.3. The van der Waals surface area contributed by atoms with Gasteiger partial charge < -0.3 is 0 Å². The molecule has 0 unspecified atom stereocenters. The molecule has 0 aliphatic rings. The Morgan fingerprint density at radius 2 is 2.06 bits per heavy atom. The molecule has 1 aromatic heterocycles. The fraction of sp³-hybridized carbons (Fsp3) is 0.182. The first-order valence-electron chi connectivity index (χ1n) is 5.10. The molecule has 2 aromatic rings. The van der Waals surface area contributed by atoms with Gasteiger partial charge in [0.1, 0.15) is 0 Å². The third kappa shape index (κ3) is 2.82. The summed E-state index contributed by atoms with van der Waals surface area (Å²) in [6.45, 7) is 3.75. The summed E-state index contributed by atoms with van der Waals surface area (Å²) in [6, 6.07) is 5.58. The highest BCUT2D eigenvalue weighted by atomic mass is 35.5. The lowest BCUT2D eigenvalue weighted by Crippen LogP contribution is -2.12. The summed E-state index contributed by atoms with van der Waals surface area (Å²) in [5.74, 6) is 0. The summed E-state index contributed by atoms with van der Waals surface area (Å²) in [5, 5.41) is 0. The van der Waals surface area contributed by atoms with Crippen molar-refractivity contribution in [3.8, 4) is 0 Å². The van der Waals surface area contributed by atoms with Crippen molar-refractivity contribution in [2.24, 2.45) is 0 Å². The van der Waals surface area contributed by atoms with Gasteiger partial charge in [0.25, 0.3) is 10.0 Å². The van der Waals surface area contributed by atoms with Crippen molar-refractivity contribution in [2.45, 2.75) is 18.1 Å². The molecule has 0 bridgehead atoms. The highest BCUT2D eigenvalue weighted by Gasteiger charge is 2.18. The average molecular weight is 303 g/mol. The summed E-state index contributed by atoms with van der Waals surface area (Å²) in [5.41, 5.74) is 2.42. The van der Waals surface area contributed by atoms with Gasteiger partial charge in [-0.2, -0.15) is 0 Å². The van der Waals surface area contributed by atoms with Crippen molar-refractivity contribution in [2.75, 3.05) is 4.72 Å². The van der Waals surface area contributed by atoms with E-state index in [0.717, 1.165) is 22.5 Å². The molecule has 7 heteroatoms. The van der Waals surface area contributed by atoms with E-state index in [2.05, 4.69) is 9.71 Å². The second kappa shape index (κ2) is 4.87. The first-order valence-corrected chi connectivity index (χ1v) is 7.77. The van der Waals surface area contributed by atoms with Gasteiger partial charge >= 0.3 is 0 Å². The van der Waals surface area contributed by atoms with Gasteiger partial charge in [-0.05, 0) is 31.0 Å². The van der Waals surface area contributed by atoms with E-state index in [1.165, 1.54) is 6.20 Å². The van der Waals surface area contributed by atoms with E-state index in [-0.39, 0.29) is 8.68 Å². The number of rotatable bonds is 3. The van der Waals surface area contributed by atoms with Crippen molar-refractivity contribution in [3.05, 3.63) is 40.0 Å². The topological polar surface area (TPSA) is 59.1 Å². The van der Waals surface area contributed by atoms with Crippen LogP contribution in [0.5, 0.6) is 0 Å². The molecule has 0 radical (unpaired) electrons. The maximum absolute atomic E-state index is 12.1. The number of aryl methyl sites for hydroxylation is 2. The average Bonchev–Trinajstić information content (AvgIpc) is 2.71. The van der Waals surface area contributed by atoms with Crippen molar-refractivity contribution in [1.82, 2.24) is 4.98 Å². The minimum absolute atomic E-state index is 0.105. The molecule has 1 aromatic carbocycles. The number of nitrogens with zero attached hydrogens (tertiary/aromatic N) is 1. The minimum Gasteiger partial charge on any atom is -0.279 e. The number of hydrogen-bond acceptors (Lipinski definition) is 4. The Kier molecular flexibility index (Phi) is 3.61. The highest BCUT2D eigenvalue weighted by Crippen LogP contribution is 2.26. The van der Waals surface area contributed by atoms with Gasteiger partial charge in [0.05, 0.1) is 11.9 Å². The van der Waals surface area contributed by atoms with Gasteiger partial charge in [0, 0.05) is 0 Å². The van der Waals surface area contributed by atoms with Crippen LogP contribution < -0.4 is 4.72 Å². The number of benzene rings is 1. The van der Waals surface area contributed by atoms with E-state index < -0.39 is 10.0 Å². The van der Waals surface area contributed by atoms with Crippen LogP contribution in [0.2, 0.25) is 4.47 Å². The van der Waals surface area contributed by atoms with E-state index >= 15 is 0 Å². The fourth-order valence-corrected chi connectivity index (χ4v) is 3.82. The standard InChI is InChI=1S/C11H11ClN2O2S2/c1-7-3-4-8(2)9(5-7)14-18(15,16)10-6-13-11(12)17-10/h3-6,14H,1-2H3. The predicted molar refractivity (Wildman–Crippen MR) is 73.8 cm³/mol. The first kappa shape index (κ1) is 13.3. The smallest absolute Gasteiger partial charge is 0.273 e. The van der Waals surface area contributed by atoms with E-state index in [1.807, 2.05) is 26.0 Å². The Hall–Kier alpha value is -1.11. The molecular formula is C11H11ClN2O2S2. The monoisotopic (exact) mass is 302 g/mol. The molecule has 0 aliphatic heterocycles. The number of aromatic nitrogens is 1.